The molecule has 9 heteroatoms. The van der Waals surface area contributed by atoms with Crippen LogP contribution in [0.2, 0.25) is 5.15 Å². The number of pyridine rings is 1. The van der Waals surface area contributed by atoms with E-state index in [0.29, 0.717) is 0 Å². The van der Waals surface area contributed by atoms with Gasteiger partial charge >= 0.3 is 5.69 Å². The topological polar surface area (TPSA) is 95.1 Å². The van der Waals surface area contributed by atoms with Gasteiger partial charge in [0, 0.05) is 0 Å². The third kappa shape index (κ3) is 2.77. The summed E-state index contributed by atoms with van der Waals surface area (Å²) in [6.45, 7) is 3.50. The second-order valence-corrected chi connectivity index (χ2v) is 7.66. The van der Waals surface area contributed by atoms with Crippen molar-refractivity contribution in [1.82, 2.24) is 8.96 Å². The number of hydrogen-bond donors (Lipinski definition) is 0. The van der Waals surface area contributed by atoms with Crippen LogP contribution in [0.25, 0.3) is 11.0 Å². The summed E-state index contributed by atoms with van der Waals surface area (Å²) in [7, 11) is -4.02. The molecule has 7 nitrogen and oxygen atoms in total. The zero-order chi connectivity index (χ0) is 18.4. The molecule has 0 amide bonds. The quantitative estimate of drug-likeness (QED) is 0.391. The molecule has 1 aromatic carbocycles. The molecule has 0 bridgehead atoms. The Balaban J connectivity index is 2.43. The maximum absolute atomic E-state index is 13.1. The minimum Gasteiger partial charge on any atom is -0.258 e. The second kappa shape index (κ2) is 6.12. The van der Waals surface area contributed by atoms with Crippen LogP contribution in [0.3, 0.4) is 0 Å². The van der Waals surface area contributed by atoms with E-state index in [1.54, 1.807) is 19.1 Å². The SMILES string of the molecule is CCc1c([N+](=O)[O-])c2nc(Cl)ccc2n1S(=O)(=O)c1ccc(C)cc1. The minimum atomic E-state index is -4.02. The molecule has 0 radical (unpaired) electrons. The summed E-state index contributed by atoms with van der Waals surface area (Å²) in [6, 6.07) is 9.15. The zero-order valence-electron chi connectivity index (χ0n) is 13.4. The van der Waals surface area contributed by atoms with Crippen LogP contribution >= 0.6 is 11.6 Å². The summed E-state index contributed by atoms with van der Waals surface area (Å²) in [5.41, 5.74) is 0.732. The van der Waals surface area contributed by atoms with Crippen LogP contribution in [-0.4, -0.2) is 22.3 Å². The smallest absolute Gasteiger partial charge is 0.258 e. The highest BCUT2D eigenvalue weighted by Gasteiger charge is 2.32. The van der Waals surface area contributed by atoms with E-state index in [-0.39, 0.29) is 38.9 Å². The van der Waals surface area contributed by atoms with Gasteiger partial charge in [0.15, 0.2) is 5.52 Å². The lowest BCUT2D eigenvalue weighted by Gasteiger charge is -2.10. The summed E-state index contributed by atoms with van der Waals surface area (Å²) >= 11 is 5.86. The maximum atomic E-state index is 13.1. The molecular weight excluding hydrogens is 366 g/mol. The summed E-state index contributed by atoms with van der Waals surface area (Å²) in [6.07, 6.45) is 0.148. The third-order valence-corrected chi connectivity index (χ3v) is 5.85. The molecule has 130 valence electrons. The molecule has 0 aliphatic rings. The first kappa shape index (κ1) is 17.4. The number of fused-ring (bicyclic) bond motifs is 1. The summed E-state index contributed by atoms with van der Waals surface area (Å²) in [5, 5.41) is 11.6. The lowest BCUT2D eigenvalue weighted by Crippen LogP contribution is -2.16. The van der Waals surface area contributed by atoms with Crippen LogP contribution in [0.4, 0.5) is 5.69 Å². The highest BCUT2D eigenvalue weighted by Crippen LogP contribution is 2.35. The Kier molecular flexibility index (Phi) is 4.26. The van der Waals surface area contributed by atoms with E-state index >= 15 is 0 Å². The summed E-state index contributed by atoms with van der Waals surface area (Å²) in [5.74, 6) is 0. The first-order valence-electron chi connectivity index (χ1n) is 7.43. The van der Waals surface area contributed by atoms with Crippen LogP contribution < -0.4 is 0 Å². The Morgan fingerprint density at radius 1 is 1.20 bits per heavy atom. The van der Waals surface area contributed by atoms with E-state index in [1.807, 2.05) is 6.92 Å². The fourth-order valence-corrected chi connectivity index (χ4v) is 4.49. The van der Waals surface area contributed by atoms with Gasteiger partial charge in [-0.2, -0.15) is 0 Å². The van der Waals surface area contributed by atoms with Crippen LogP contribution in [0.15, 0.2) is 41.3 Å². The largest absolute Gasteiger partial charge is 0.317 e. The number of benzene rings is 1. The van der Waals surface area contributed by atoms with Crippen LogP contribution in [0.1, 0.15) is 18.2 Å². The zero-order valence-corrected chi connectivity index (χ0v) is 15.0. The number of aromatic nitrogens is 2. The number of nitro groups is 1. The van der Waals surface area contributed by atoms with Crippen molar-refractivity contribution in [2.75, 3.05) is 0 Å². The normalized spacial score (nSPS) is 11.8. The van der Waals surface area contributed by atoms with Gasteiger partial charge in [-0.05, 0) is 37.6 Å². The average molecular weight is 380 g/mol. The molecule has 0 spiro atoms. The Bertz CT molecular complexity index is 1090. The molecule has 25 heavy (non-hydrogen) atoms. The van der Waals surface area contributed by atoms with Gasteiger partial charge in [0.05, 0.1) is 15.3 Å². The predicted molar refractivity (Wildman–Crippen MR) is 94.5 cm³/mol. The third-order valence-electron chi connectivity index (χ3n) is 3.88. The van der Waals surface area contributed by atoms with Crippen molar-refractivity contribution >= 4 is 38.3 Å². The molecule has 0 saturated heterocycles. The van der Waals surface area contributed by atoms with Crippen molar-refractivity contribution in [2.45, 2.75) is 25.2 Å². The van der Waals surface area contributed by atoms with Crippen molar-refractivity contribution in [1.29, 1.82) is 0 Å². The Morgan fingerprint density at radius 3 is 2.40 bits per heavy atom. The molecular formula is C16H14ClN3O4S. The fraction of sp³-hybridized carbons (Fsp3) is 0.188. The van der Waals surface area contributed by atoms with Crippen LogP contribution in [0, 0.1) is 17.0 Å². The van der Waals surface area contributed by atoms with E-state index in [4.69, 9.17) is 11.6 Å². The first-order chi connectivity index (χ1) is 11.8. The molecule has 0 atom stereocenters. The number of nitrogens with zero attached hydrogens (tertiary/aromatic N) is 3. The molecule has 3 aromatic rings. The molecule has 2 aromatic heterocycles. The van der Waals surface area contributed by atoms with Crippen molar-refractivity contribution in [2.24, 2.45) is 0 Å². The molecule has 0 aliphatic carbocycles. The van der Waals surface area contributed by atoms with E-state index in [2.05, 4.69) is 4.98 Å². The number of rotatable bonds is 4. The van der Waals surface area contributed by atoms with Crippen molar-refractivity contribution in [3.05, 3.63) is 62.9 Å². The summed E-state index contributed by atoms with van der Waals surface area (Å²) < 4.78 is 27.3. The highest BCUT2D eigenvalue weighted by atomic mass is 35.5. The fourth-order valence-electron chi connectivity index (χ4n) is 2.74. The lowest BCUT2D eigenvalue weighted by atomic mass is 10.2. The second-order valence-electron chi connectivity index (χ2n) is 5.49. The van der Waals surface area contributed by atoms with E-state index in [1.165, 1.54) is 24.3 Å². The van der Waals surface area contributed by atoms with Gasteiger partial charge in [0.1, 0.15) is 10.8 Å². The van der Waals surface area contributed by atoms with Gasteiger partial charge in [-0.25, -0.2) is 17.4 Å². The summed E-state index contributed by atoms with van der Waals surface area (Å²) in [4.78, 5) is 15.0. The van der Waals surface area contributed by atoms with Gasteiger partial charge in [-0.15, -0.1) is 0 Å². The first-order valence-corrected chi connectivity index (χ1v) is 9.25. The Labute approximate surface area is 149 Å². The monoisotopic (exact) mass is 379 g/mol. The molecule has 0 fully saturated rings. The van der Waals surface area contributed by atoms with Gasteiger partial charge in [-0.3, -0.25) is 10.1 Å². The van der Waals surface area contributed by atoms with Crippen LogP contribution in [-0.2, 0) is 16.4 Å². The lowest BCUT2D eigenvalue weighted by molar-refractivity contribution is -0.384. The Hall–Kier alpha value is -2.45. The van der Waals surface area contributed by atoms with Crippen molar-refractivity contribution in [3.63, 3.8) is 0 Å². The molecule has 0 N–H and O–H groups in total. The standard InChI is InChI=1S/C16H14ClN3O4S/c1-3-12-16(20(21)22)15-13(8-9-14(17)18-15)19(12)25(23,24)11-6-4-10(2)5-7-11/h4-9H,3H2,1-2H3. The van der Waals surface area contributed by atoms with Gasteiger partial charge in [0.2, 0.25) is 0 Å². The van der Waals surface area contributed by atoms with E-state index in [9.17, 15) is 18.5 Å². The molecule has 0 unspecified atom stereocenters. The van der Waals surface area contributed by atoms with Crippen LogP contribution in [0.5, 0.6) is 0 Å². The average Bonchev–Trinajstić information content (AvgIpc) is 2.89. The Morgan fingerprint density at radius 2 is 1.84 bits per heavy atom. The molecule has 0 aliphatic heterocycles. The number of halogens is 1. The number of hydrogen-bond acceptors (Lipinski definition) is 5. The molecule has 3 rings (SSSR count). The highest BCUT2D eigenvalue weighted by molar-refractivity contribution is 7.90. The van der Waals surface area contributed by atoms with Gasteiger partial charge < -0.3 is 0 Å². The molecule has 0 saturated carbocycles. The maximum Gasteiger partial charge on any atom is 0.317 e. The van der Waals surface area contributed by atoms with E-state index < -0.39 is 14.9 Å². The van der Waals surface area contributed by atoms with E-state index in [0.717, 1.165) is 9.54 Å². The predicted octanol–water partition coefficient (Wildman–Crippen LogP) is 3.71. The van der Waals surface area contributed by atoms with Crippen molar-refractivity contribution in [3.8, 4) is 0 Å². The minimum absolute atomic E-state index is 0.0370. The van der Waals surface area contributed by atoms with Gasteiger partial charge in [-0.1, -0.05) is 36.2 Å². The number of aryl methyl sites for hydroxylation is 1. The van der Waals surface area contributed by atoms with Crippen molar-refractivity contribution < 1.29 is 13.3 Å². The molecule has 2 heterocycles. The van der Waals surface area contributed by atoms with Gasteiger partial charge in [0.25, 0.3) is 10.0 Å².